The van der Waals surface area contributed by atoms with Crippen LogP contribution in [0.4, 0.5) is 0 Å². The molecule has 0 saturated heterocycles. The highest BCUT2D eigenvalue weighted by molar-refractivity contribution is 5.10. The van der Waals surface area contributed by atoms with Gasteiger partial charge >= 0.3 is 0 Å². The number of hydrogen-bond acceptors (Lipinski definition) is 2. The van der Waals surface area contributed by atoms with E-state index in [1.807, 2.05) is 17.9 Å². The third-order valence-electron chi connectivity index (χ3n) is 3.33. The lowest BCUT2D eigenvalue weighted by molar-refractivity contribution is 0.414. The molecule has 1 aromatic heterocycles. The molecule has 1 aliphatic carbocycles. The molecule has 84 valence electrons. The van der Waals surface area contributed by atoms with Crippen molar-refractivity contribution in [2.24, 2.45) is 13.0 Å². The zero-order valence-corrected chi connectivity index (χ0v) is 9.90. The van der Waals surface area contributed by atoms with E-state index < -0.39 is 0 Å². The average molecular weight is 207 g/mol. The highest BCUT2D eigenvalue weighted by Gasteiger charge is 2.29. The Morgan fingerprint density at radius 2 is 2.33 bits per heavy atom. The van der Waals surface area contributed by atoms with Gasteiger partial charge in [-0.05, 0) is 32.1 Å². The van der Waals surface area contributed by atoms with E-state index in [1.165, 1.54) is 18.4 Å². The maximum Gasteiger partial charge on any atom is 0.0537 e. The first-order valence-corrected chi connectivity index (χ1v) is 5.95. The fraction of sp³-hybridized carbons (Fsp3) is 0.750. The molecule has 0 aliphatic heterocycles. The minimum Gasteiger partial charge on any atom is -0.307 e. The van der Waals surface area contributed by atoms with Crippen molar-refractivity contribution in [1.29, 1.82) is 0 Å². The van der Waals surface area contributed by atoms with Crippen LogP contribution in [0.5, 0.6) is 0 Å². The van der Waals surface area contributed by atoms with E-state index in [-0.39, 0.29) is 0 Å². The molecule has 2 unspecified atom stereocenters. The lowest BCUT2D eigenvalue weighted by Gasteiger charge is -2.21. The van der Waals surface area contributed by atoms with Crippen LogP contribution in [0, 0.1) is 5.92 Å². The minimum absolute atomic E-state index is 0.467. The summed E-state index contributed by atoms with van der Waals surface area (Å²) in [6.45, 7) is 4.53. The van der Waals surface area contributed by atoms with E-state index >= 15 is 0 Å². The second-order valence-corrected chi connectivity index (χ2v) is 4.70. The average Bonchev–Trinajstić information content (AvgIpc) is 2.98. The summed E-state index contributed by atoms with van der Waals surface area (Å²) in [5, 5.41) is 7.93. The number of nitrogens with zero attached hydrogens (tertiary/aromatic N) is 2. The monoisotopic (exact) mass is 207 g/mol. The van der Waals surface area contributed by atoms with Gasteiger partial charge in [-0.1, -0.05) is 6.92 Å². The SMILES string of the molecule is CCC(NC(C)C1CC1)c1cnn(C)c1. The highest BCUT2D eigenvalue weighted by atomic mass is 15.2. The highest BCUT2D eigenvalue weighted by Crippen LogP contribution is 2.33. The molecule has 3 nitrogen and oxygen atoms in total. The molecule has 0 amide bonds. The normalized spacial score (nSPS) is 20.2. The Bertz CT molecular complexity index is 314. The maximum absolute atomic E-state index is 4.23. The first-order valence-electron chi connectivity index (χ1n) is 5.95. The maximum atomic E-state index is 4.23. The standard InChI is InChI=1S/C12H21N3/c1-4-12(11-7-13-15(3)8-11)14-9(2)10-5-6-10/h7-10,12,14H,4-6H2,1-3H3. The molecule has 0 aromatic carbocycles. The summed E-state index contributed by atoms with van der Waals surface area (Å²) in [6.07, 6.45) is 8.01. The Labute approximate surface area is 91.9 Å². The van der Waals surface area contributed by atoms with Crippen molar-refractivity contribution in [2.45, 2.75) is 45.2 Å². The van der Waals surface area contributed by atoms with Gasteiger partial charge in [-0.25, -0.2) is 0 Å². The number of aryl methyl sites for hydroxylation is 1. The predicted octanol–water partition coefficient (Wildman–Crippen LogP) is 2.26. The zero-order valence-electron chi connectivity index (χ0n) is 9.90. The van der Waals surface area contributed by atoms with Crippen LogP contribution in [0.25, 0.3) is 0 Å². The van der Waals surface area contributed by atoms with E-state index in [1.54, 1.807) is 0 Å². The molecule has 15 heavy (non-hydrogen) atoms. The van der Waals surface area contributed by atoms with Crippen LogP contribution >= 0.6 is 0 Å². The van der Waals surface area contributed by atoms with Gasteiger partial charge in [0.15, 0.2) is 0 Å². The Balaban J connectivity index is 1.97. The largest absolute Gasteiger partial charge is 0.307 e. The van der Waals surface area contributed by atoms with Gasteiger partial charge in [-0.15, -0.1) is 0 Å². The lowest BCUT2D eigenvalue weighted by atomic mass is 10.1. The molecule has 0 radical (unpaired) electrons. The molecule has 1 heterocycles. The van der Waals surface area contributed by atoms with Crippen LogP contribution in [-0.2, 0) is 7.05 Å². The van der Waals surface area contributed by atoms with E-state index in [2.05, 4.69) is 30.5 Å². The molecule has 3 heteroatoms. The fourth-order valence-electron chi connectivity index (χ4n) is 2.12. The van der Waals surface area contributed by atoms with Gasteiger partial charge in [0.1, 0.15) is 0 Å². The fourth-order valence-corrected chi connectivity index (χ4v) is 2.12. The van der Waals surface area contributed by atoms with E-state index in [4.69, 9.17) is 0 Å². The Kier molecular flexibility index (Phi) is 3.10. The van der Waals surface area contributed by atoms with Crippen LogP contribution in [-0.4, -0.2) is 15.8 Å². The second kappa shape index (κ2) is 4.35. The molecule has 0 bridgehead atoms. The summed E-state index contributed by atoms with van der Waals surface area (Å²) in [6, 6.07) is 1.12. The van der Waals surface area contributed by atoms with Gasteiger partial charge in [-0.2, -0.15) is 5.10 Å². The molecular weight excluding hydrogens is 186 g/mol. The van der Waals surface area contributed by atoms with E-state index in [9.17, 15) is 0 Å². The summed E-state index contributed by atoms with van der Waals surface area (Å²) in [5.41, 5.74) is 1.31. The molecule has 2 rings (SSSR count). The second-order valence-electron chi connectivity index (χ2n) is 4.70. The Morgan fingerprint density at radius 1 is 1.60 bits per heavy atom. The van der Waals surface area contributed by atoms with Gasteiger partial charge < -0.3 is 5.32 Å². The van der Waals surface area contributed by atoms with Crippen molar-refractivity contribution < 1.29 is 0 Å². The third-order valence-corrected chi connectivity index (χ3v) is 3.33. The Morgan fingerprint density at radius 3 is 2.80 bits per heavy atom. The molecule has 1 aromatic rings. The van der Waals surface area contributed by atoms with Gasteiger partial charge in [0, 0.05) is 30.9 Å². The van der Waals surface area contributed by atoms with Gasteiger partial charge in [0.2, 0.25) is 0 Å². The number of hydrogen-bond donors (Lipinski definition) is 1. The minimum atomic E-state index is 0.467. The van der Waals surface area contributed by atoms with Crippen molar-refractivity contribution in [3.8, 4) is 0 Å². The van der Waals surface area contributed by atoms with E-state index in [0.29, 0.717) is 12.1 Å². The van der Waals surface area contributed by atoms with E-state index in [0.717, 1.165) is 12.3 Å². The molecule has 1 N–H and O–H groups in total. The number of nitrogens with one attached hydrogen (secondary N) is 1. The first-order chi connectivity index (χ1) is 7.20. The van der Waals surface area contributed by atoms with Crippen LogP contribution < -0.4 is 5.32 Å². The number of rotatable bonds is 5. The molecule has 1 saturated carbocycles. The summed E-state index contributed by atoms with van der Waals surface area (Å²) in [5.74, 6) is 0.913. The van der Waals surface area contributed by atoms with Crippen molar-refractivity contribution in [3.05, 3.63) is 18.0 Å². The summed E-state index contributed by atoms with van der Waals surface area (Å²) in [4.78, 5) is 0. The summed E-state index contributed by atoms with van der Waals surface area (Å²) in [7, 11) is 1.97. The summed E-state index contributed by atoms with van der Waals surface area (Å²) >= 11 is 0. The van der Waals surface area contributed by atoms with Crippen LogP contribution in [0.2, 0.25) is 0 Å². The molecule has 0 spiro atoms. The molecule has 2 atom stereocenters. The van der Waals surface area contributed by atoms with Gasteiger partial charge in [0.05, 0.1) is 6.20 Å². The smallest absolute Gasteiger partial charge is 0.0537 e. The quantitative estimate of drug-likeness (QED) is 0.802. The summed E-state index contributed by atoms with van der Waals surface area (Å²) < 4.78 is 1.88. The van der Waals surface area contributed by atoms with Crippen molar-refractivity contribution >= 4 is 0 Å². The van der Waals surface area contributed by atoms with Crippen molar-refractivity contribution in [2.75, 3.05) is 0 Å². The lowest BCUT2D eigenvalue weighted by Crippen LogP contribution is -2.31. The molecular formula is C12H21N3. The first kappa shape index (κ1) is 10.7. The van der Waals surface area contributed by atoms with Crippen LogP contribution in [0.3, 0.4) is 0 Å². The van der Waals surface area contributed by atoms with Gasteiger partial charge in [-0.3, -0.25) is 4.68 Å². The van der Waals surface area contributed by atoms with Crippen molar-refractivity contribution in [1.82, 2.24) is 15.1 Å². The zero-order chi connectivity index (χ0) is 10.8. The Hall–Kier alpha value is -0.830. The molecule has 1 aliphatic rings. The third kappa shape index (κ3) is 2.59. The van der Waals surface area contributed by atoms with Gasteiger partial charge in [0.25, 0.3) is 0 Å². The topological polar surface area (TPSA) is 29.9 Å². The molecule has 1 fully saturated rings. The van der Waals surface area contributed by atoms with Crippen molar-refractivity contribution in [3.63, 3.8) is 0 Å². The van der Waals surface area contributed by atoms with Crippen LogP contribution in [0.1, 0.15) is 44.7 Å². The number of aromatic nitrogens is 2. The predicted molar refractivity (Wildman–Crippen MR) is 61.6 cm³/mol. The van der Waals surface area contributed by atoms with Crippen LogP contribution in [0.15, 0.2) is 12.4 Å².